The second-order valence-corrected chi connectivity index (χ2v) is 5.96. The summed E-state index contributed by atoms with van der Waals surface area (Å²) in [5.74, 6) is -2.67. The molecule has 28 heavy (non-hydrogen) atoms. The lowest BCUT2D eigenvalue weighted by Crippen LogP contribution is -2.63. The van der Waals surface area contributed by atoms with Crippen molar-refractivity contribution < 1.29 is 29.0 Å². The fourth-order valence-corrected chi connectivity index (χ4v) is 2.77. The van der Waals surface area contributed by atoms with Crippen LogP contribution in [0.4, 0.5) is 5.82 Å². The van der Waals surface area contributed by atoms with E-state index in [4.69, 9.17) is 9.47 Å². The normalized spacial score (nSPS) is 20.2. The molecule has 2 aromatic heterocycles. The van der Waals surface area contributed by atoms with Gasteiger partial charge in [0.1, 0.15) is 0 Å². The molecule has 150 valence electrons. The van der Waals surface area contributed by atoms with Crippen molar-refractivity contribution in [3.05, 3.63) is 30.7 Å². The fraction of sp³-hybridized carbons (Fsp3) is 0.375. The van der Waals surface area contributed by atoms with Crippen LogP contribution in [0.2, 0.25) is 0 Å². The molecule has 1 aliphatic rings. The van der Waals surface area contributed by atoms with Gasteiger partial charge in [0.05, 0.1) is 31.2 Å². The smallest absolute Gasteiger partial charge is 0.348 e. The minimum atomic E-state index is -1.88. The molecule has 0 aromatic carbocycles. The van der Waals surface area contributed by atoms with Crippen LogP contribution in [0.3, 0.4) is 0 Å². The van der Waals surface area contributed by atoms with E-state index >= 15 is 0 Å². The first-order chi connectivity index (χ1) is 12.8. The van der Waals surface area contributed by atoms with Gasteiger partial charge >= 0.3 is 11.9 Å². The second-order valence-electron chi connectivity index (χ2n) is 5.96. The Morgan fingerprint density at radius 2 is 2.11 bits per heavy atom. The van der Waals surface area contributed by atoms with Gasteiger partial charge in [0.25, 0.3) is 5.91 Å². The average Bonchev–Trinajstić information content (AvgIpc) is 3.12. The van der Waals surface area contributed by atoms with E-state index in [0.717, 1.165) is 6.92 Å². The van der Waals surface area contributed by atoms with Crippen LogP contribution in [0.15, 0.2) is 30.7 Å². The Labute approximate surface area is 165 Å². The van der Waals surface area contributed by atoms with Crippen molar-refractivity contribution in [3.8, 4) is 5.69 Å². The molecule has 0 saturated carbocycles. The number of ether oxygens (including phenoxy) is 2. The van der Waals surface area contributed by atoms with E-state index in [2.05, 4.69) is 15.3 Å². The highest BCUT2D eigenvalue weighted by Gasteiger charge is 2.53. The molecule has 12 heteroatoms. The minimum absolute atomic E-state index is 0. The Kier molecular flexibility index (Phi) is 6.31. The standard InChI is InChI=1S/C16H17N5O6.ClH/c1-10(22)27-13(14(23)24)16(2)15(25)20(7-8-26-16)12-4-6-21(19-12)11-3-5-17-18-9-11;/h3-6,9,13H,7-8H2,1-2H3,(H,23,24);1H/t13-,16+;/m0./s1. The quantitative estimate of drug-likeness (QED) is 0.685. The third-order valence-corrected chi connectivity index (χ3v) is 4.08. The first-order valence-electron chi connectivity index (χ1n) is 8.01. The molecule has 3 heterocycles. The summed E-state index contributed by atoms with van der Waals surface area (Å²) in [6.07, 6.45) is 2.86. The number of hydrogen-bond donors (Lipinski definition) is 1. The van der Waals surface area contributed by atoms with E-state index < -0.39 is 29.6 Å². The van der Waals surface area contributed by atoms with Gasteiger partial charge in [-0.1, -0.05) is 0 Å². The van der Waals surface area contributed by atoms with Gasteiger partial charge in [0.2, 0.25) is 6.10 Å². The van der Waals surface area contributed by atoms with Gasteiger partial charge < -0.3 is 14.6 Å². The maximum Gasteiger partial charge on any atom is 0.348 e. The highest BCUT2D eigenvalue weighted by atomic mass is 35.5. The van der Waals surface area contributed by atoms with E-state index in [1.54, 1.807) is 18.3 Å². The van der Waals surface area contributed by atoms with Crippen molar-refractivity contribution in [1.29, 1.82) is 0 Å². The van der Waals surface area contributed by atoms with Crippen LogP contribution >= 0.6 is 12.4 Å². The number of anilines is 1. The lowest BCUT2D eigenvalue weighted by molar-refractivity contribution is -0.193. The second kappa shape index (κ2) is 8.31. The Morgan fingerprint density at radius 3 is 2.71 bits per heavy atom. The zero-order valence-corrected chi connectivity index (χ0v) is 15.8. The van der Waals surface area contributed by atoms with Crippen LogP contribution in [0.1, 0.15) is 13.8 Å². The first-order valence-corrected chi connectivity index (χ1v) is 8.01. The van der Waals surface area contributed by atoms with Crippen molar-refractivity contribution in [3.63, 3.8) is 0 Å². The molecule has 1 N–H and O–H groups in total. The topological polar surface area (TPSA) is 137 Å². The van der Waals surface area contributed by atoms with Gasteiger partial charge in [-0.25, -0.2) is 9.48 Å². The van der Waals surface area contributed by atoms with Crippen LogP contribution in [0.5, 0.6) is 0 Å². The Morgan fingerprint density at radius 1 is 1.36 bits per heavy atom. The van der Waals surface area contributed by atoms with Crippen LogP contribution in [0, 0.1) is 0 Å². The molecule has 1 saturated heterocycles. The number of aromatic nitrogens is 4. The van der Waals surface area contributed by atoms with Gasteiger partial charge in [-0.3, -0.25) is 14.5 Å². The van der Waals surface area contributed by atoms with E-state index in [-0.39, 0.29) is 25.6 Å². The van der Waals surface area contributed by atoms with E-state index in [1.807, 2.05) is 0 Å². The minimum Gasteiger partial charge on any atom is -0.478 e. The molecule has 3 rings (SSSR count). The predicted molar refractivity (Wildman–Crippen MR) is 96.3 cm³/mol. The fourth-order valence-electron chi connectivity index (χ4n) is 2.77. The molecule has 1 fully saturated rings. The van der Waals surface area contributed by atoms with Crippen LogP contribution in [-0.2, 0) is 23.9 Å². The molecule has 1 aliphatic heterocycles. The van der Waals surface area contributed by atoms with E-state index in [1.165, 1.54) is 28.9 Å². The lowest BCUT2D eigenvalue weighted by Gasteiger charge is -2.40. The number of carboxylic acid groups (broad SMARTS) is 1. The number of carbonyl (C=O) groups is 3. The molecule has 2 aromatic rings. The molecule has 11 nitrogen and oxygen atoms in total. The van der Waals surface area contributed by atoms with E-state index in [9.17, 15) is 19.5 Å². The summed E-state index contributed by atoms with van der Waals surface area (Å²) in [7, 11) is 0. The molecule has 0 bridgehead atoms. The summed E-state index contributed by atoms with van der Waals surface area (Å²) in [4.78, 5) is 37.1. The number of carboxylic acids is 1. The summed E-state index contributed by atoms with van der Waals surface area (Å²) in [6.45, 7) is 2.57. The summed E-state index contributed by atoms with van der Waals surface area (Å²) < 4.78 is 11.8. The molecule has 0 spiro atoms. The first kappa shape index (κ1) is 21.3. The van der Waals surface area contributed by atoms with Gasteiger partial charge in [0.15, 0.2) is 11.4 Å². The maximum atomic E-state index is 13.0. The van der Waals surface area contributed by atoms with Crippen LogP contribution in [0.25, 0.3) is 5.69 Å². The number of carbonyl (C=O) groups excluding carboxylic acids is 2. The number of esters is 1. The Hall–Kier alpha value is -3.05. The number of rotatable bonds is 5. The molecule has 2 atom stereocenters. The number of aliphatic carboxylic acids is 1. The van der Waals surface area contributed by atoms with Crippen molar-refractivity contribution in [2.75, 3.05) is 18.1 Å². The number of amides is 1. The largest absolute Gasteiger partial charge is 0.478 e. The van der Waals surface area contributed by atoms with Crippen molar-refractivity contribution in [1.82, 2.24) is 20.0 Å². The van der Waals surface area contributed by atoms with Gasteiger partial charge in [-0.05, 0) is 13.0 Å². The number of nitrogens with zero attached hydrogens (tertiary/aromatic N) is 5. The zero-order chi connectivity index (χ0) is 19.6. The number of morpholine rings is 1. The van der Waals surface area contributed by atoms with Crippen LogP contribution in [-0.4, -0.2) is 67.8 Å². The third-order valence-electron chi connectivity index (χ3n) is 4.08. The van der Waals surface area contributed by atoms with Crippen LogP contribution < -0.4 is 4.90 Å². The summed E-state index contributed by atoms with van der Waals surface area (Å²) in [5, 5.41) is 21.2. The van der Waals surface area contributed by atoms with Crippen molar-refractivity contribution >= 4 is 36.1 Å². The third kappa shape index (κ3) is 3.94. The highest BCUT2D eigenvalue weighted by molar-refractivity contribution is 6.02. The highest BCUT2D eigenvalue weighted by Crippen LogP contribution is 2.29. The molecule has 0 radical (unpaired) electrons. The molecule has 0 aliphatic carbocycles. The summed E-state index contributed by atoms with van der Waals surface area (Å²) in [5.41, 5.74) is -1.24. The Bertz CT molecular complexity index is 875. The average molecular weight is 412 g/mol. The lowest BCUT2D eigenvalue weighted by atomic mass is 9.95. The number of hydrogen-bond acceptors (Lipinski definition) is 8. The monoisotopic (exact) mass is 411 g/mol. The molecule has 1 amide bonds. The molecular formula is C16H18ClN5O6. The maximum absolute atomic E-state index is 13.0. The van der Waals surface area contributed by atoms with Crippen molar-refractivity contribution in [2.45, 2.75) is 25.6 Å². The summed E-state index contributed by atoms with van der Waals surface area (Å²) in [6, 6.07) is 3.29. The van der Waals surface area contributed by atoms with Gasteiger partial charge in [-0.2, -0.15) is 10.2 Å². The SMILES string of the molecule is CC(=O)O[C@@H](C(=O)O)[C@@]1(C)OCCN(c2ccn(-c3ccnnc3)n2)C1=O.Cl. The van der Waals surface area contributed by atoms with E-state index in [0.29, 0.717) is 11.5 Å². The molecule has 0 unspecified atom stereocenters. The zero-order valence-electron chi connectivity index (χ0n) is 15.0. The van der Waals surface area contributed by atoms with Gasteiger partial charge in [0, 0.05) is 19.2 Å². The number of halogens is 1. The summed E-state index contributed by atoms with van der Waals surface area (Å²) >= 11 is 0. The molecular weight excluding hydrogens is 394 g/mol. The Balaban J connectivity index is 0.00000280. The predicted octanol–water partition coefficient (Wildman–Crippen LogP) is 0.222. The van der Waals surface area contributed by atoms with Gasteiger partial charge in [-0.15, -0.1) is 17.5 Å². The van der Waals surface area contributed by atoms with Crippen molar-refractivity contribution in [2.24, 2.45) is 0 Å².